The molecule has 1 fully saturated rings. The number of nitrogens with zero attached hydrogens (tertiary/aromatic N) is 3. The Balaban J connectivity index is 1.78. The van der Waals surface area contributed by atoms with Crippen LogP contribution >= 0.6 is 0 Å². The third-order valence-electron chi connectivity index (χ3n) is 4.19. The molecular formula is C19H25N5O2. The molecule has 2 amide bonds. The number of nitrogens with one attached hydrogen (secondary N) is 2. The summed E-state index contributed by atoms with van der Waals surface area (Å²) in [5.74, 6) is -0.240. The molecule has 0 aromatic heterocycles. The summed E-state index contributed by atoms with van der Waals surface area (Å²) in [5, 5.41) is 14.9. The molecular weight excluding hydrogens is 330 g/mol. The fraction of sp³-hybridized carbons (Fsp3) is 0.421. The van der Waals surface area contributed by atoms with Crippen LogP contribution in [0.2, 0.25) is 0 Å². The topological polar surface area (TPSA) is 88.5 Å². The summed E-state index contributed by atoms with van der Waals surface area (Å²) in [6, 6.07) is 9.56. The van der Waals surface area contributed by atoms with Crippen LogP contribution in [0.3, 0.4) is 0 Å². The summed E-state index contributed by atoms with van der Waals surface area (Å²) in [5.41, 5.74) is 1.87. The Kier molecular flexibility index (Phi) is 7.03. The highest BCUT2D eigenvalue weighted by Gasteiger charge is 2.19. The normalized spacial score (nSPS) is 14.1. The van der Waals surface area contributed by atoms with Crippen molar-refractivity contribution in [1.82, 2.24) is 10.2 Å². The van der Waals surface area contributed by atoms with E-state index in [2.05, 4.69) is 10.6 Å². The lowest BCUT2D eigenvalue weighted by Gasteiger charge is -2.15. The molecule has 0 atom stereocenters. The van der Waals surface area contributed by atoms with Crippen molar-refractivity contribution < 1.29 is 9.59 Å². The van der Waals surface area contributed by atoms with E-state index in [4.69, 9.17) is 0 Å². The van der Waals surface area contributed by atoms with Crippen LogP contribution in [0, 0.1) is 11.3 Å². The minimum absolute atomic E-state index is 0.0129. The molecule has 7 heteroatoms. The van der Waals surface area contributed by atoms with Gasteiger partial charge in [0.2, 0.25) is 5.91 Å². The van der Waals surface area contributed by atoms with E-state index < -0.39 is 5.91 Å². The van der Waals surface area contributed by atoms with Gasteiger partial charge in [0.1, 0.15) is 11.6 Å². The van der Waals surface area contributed by atoms with E-state index >= 15 is 0 Å². The first kappa shape index (κ1) is 19.3. The molecule has 0 unspecified atom stereocenters. The molecule has 1 aromatic carbocycles. The van der Waals surface area contributed by atoms with Crippen LogP contribution in [0.15, 0.2) is 36.0 Å². The first-order valence-corrected chi connectivity index (χ1v) is 8.71. The number of hydrogen-bond donors (Lipinski definition) is 2. The van der Waals surface area contributed by atoms with Crippen molar-refractivity contribution in [1.29, 1.82) is 5.26 Å². The smallest absolute Gasteiger partial charge is 0.263 e. The van der Waals surface area contributed by atoms with E-state index in [1.165, 1.54) is 6.20 Å². The lowest BCUT2D eigenvalue weighted by molar-refractivity contribution is -0.127. The maximum atomic E-state index is 12.1. The predicted molar refractivity (Wildman–Crippen MR) is 102 cm³/mol. The van der Waals surface area contributed by atoms with Crippen molar-refractivity contribution in [2.75, 3.05) is 43.9 Å². The highest BCUT2D eigenvalue weighted by Crippen LogP contribution is 2.15. The van der Waals surface area contributed by atoms with Gasteiger partial charge in [-0.15, -0.1) is 0 Å². The fourth-order valence-corrected chi connectivity index (χ4v) is 2.67. The maximum Gasteiger partial charge on any atom is 0.263 e. The van der Waals surface area contributed by atoms with Gasteiger partial charge in [-0.1, -0.05) is 0 Å². The maximum absolute atomic E-state index is 12.1. The van der Waals surface area contributed by atoms with Gasteiger partial charge in [0, 0.05) is 57.7 Å². The molecule has 1 aliphatic rings. The number of amides is 2. The van der Waals surface area contributed by atoms with E-state index in [-0.39, 0.29) is 11.5 Å². The summed E-state index contributed by atoms with van der Waals surface area (Å²) in [4.78, 5) is 27.4. The monoisotopic (exact) mass is 355 g/mol. The third-order valence-corrected chi connectivity index (χ3v) is 4.19. The number of rotatable bonds is 8. The van der Waals surface area contributed by atoms with Crippen molar-refractivity contribution in [3.63, 3.8) is 0 Å². The Morgan fingerprint density at radius 1 is 1.35 bits per heavy atom. The summed E-state index contributed by atoms with van der Waals surface area (Å²) in [6.07, 6.45) is 3.61. The fourth-order valence-electron chi connectivity index (χ4n) is 2.67. The SMILES string of the molecule is CN(C)c1ccc(N/C=C(/C#N)C(=O)NCCCN2CCCC2=O)cc1. The van der Waals surface area contributed by atoms with Crippen molar-refractivity contribution in [3.05, 3.63) is 36.0 Å². The van der Waals surface area contributed by atoms with Crippen LogP contribution in [0.25, 0.3) is 0 Å². The van der Waals surface area contributed by atoms with Crippen LogP contribution in [-0.4, -0.2) is 50.4 Å². The second kappa shape index (κ2) is 9.47. The Labute approximate surface area is 154 Å². The first-order valence-electron chi connectivity index (χ1n) is 8.71. The van der Waals surface area contributed by atoms with Gasteiger partial charge in [-0.05, 0) is 37.1 Å². The molecule has 0 bridgehead atoms. The molecule has 0 aliphatic carbocycles. The number of hydrogen-bond acceptors (Lipinski definition) is 5. The zero-order valence-corrected chi connectivity index (χ0v) is 15.3. The number of nitriles is 1. The average Bonchev–Trinajstić information content (AvgIpc) is 3.04. The molecule has 2 N–H and O–H groups in total. The molecule has 0 radical (unpaired) electrons. The van der Waals surface area contributed by atoms with Gasteiger partial charge in [0.25, 0.3) is 5.91 Å². The van der Waals surface area contributed by atoms with E-state index in [0.29, 0.717) is 25.9 Å². The standard InChI is InChI=1S/C19H25N5O2/c1-23(2)17-8-6-16(7-9-17)22-14-15(13-20)19(26)21-10-4-12-24-11-3-5-18(24)25/h6-9,14,22H,3-5,10-12H2,1-2H3,(H,21,26)/b15-14-. The second-order valence-corrected chi connectivity index (χ2v) is 6.35. The zero-order valence-electron chi connectivity index (χ0n) is 15.3. The molecule has 1 aliphatic heterocycles. The van der Waals surface area contributed by atoms with Crippen molar-refractivity contribution >= 4 is 23.2 Å². The Hall–Kier alpha value is -3.01. The third kappa shape index (κ3) is 5.52. The summed E-state index contributed by atoms with van der Waals surface area (Å²) in [6.45, 7) is 1.87. The summed E-state index contributed by atoms with van der Waals surface area (Å²) in [7, 11) is 3.92. The quantitative estimate of drug-likeness (QED) is 0.421. The Morgan fingerprint density at radius 2 is 2.08 bits per heavy atom. The van der Waals surface area contributed by atoms with Gasteiger partial charge in [-0.3, -0.25) is 9.59 Å². The molecule has 1 aromatic rings. The van der Waals surface area contributed by atoms with Gasteiger partial charge >= 0.3 is 0 Å². The van der Waals surface area contributed by atoms with E-state index in [1.807, 2.05) is 54.2 Å². The number of benzene rings is 1. The lowest BCUT2D eigenvalue weighted by atomic mass is 10.2. The molecule has 1 saturated heterocycles. The summed E-state index contributed by atoms with van der Waals surface area (Å²) < 4.78 is 0. The number of carbonyl (C=O) groups excluding carboxylic acids is 2. The highest BCUT2D eigenvalue weighted by atomic mass is 16.2. The van der Waals surface area contributed by atoms with Crippen molar-refractivity contribution in [2.45, 2.75) is 19.3 Å². The number of carbonyl (C=O) groups is 2. The molecule has 1 heterocycles. The lowest BCUT2D eigenvalue weighted by Crippen LogP contribution is -2.31. The molecule has 2 rings (SSSR count). The van der Waals surface area contributed by atoms with E-state index in [1.54, 1.807) is 0 Å². The number of anilines is 2. The largest absolute Gasteiger partial charge is 0.378 e. The average molecular weight is 355 g/mol. The molecule has 0 saturated carbocycles. The predicted octanol–water partition coefficient (Wildman–Crippen LogP) is 1.70. The first-order chi connectivity index (χ1) is 12.5. The van der Waals surface area contributed by atoms with Crippen LogP contribution in [0.1, 0.15) is 19.3 Å². The second-order valence-electron chi connectivity index (χ2n) is 6.35. The van der Waals surface area contributed by atoms with Gasteiger partial charge in [0.05, 0.1) is 0 Å². The molecule has 7 nitrogen and oxygen atoms in total. The van der Waals surface area contributed by atoms with Gasteiger partial charge in [-0.25, -0.2) is 0 Å². The van der Waals surface area contributed by atoms with Crippen LogP contribution in [0.5, 0.6) is 0 Å². The summed E-state index contributed by atoms with van der Waals surface area (Å²) >= 11 is 0. The van der Waals surface area contributed by atoms with Gasteiger partial charge < -0.3 is 20.4 Å². The minimum Gasteiger partial charge on any atom is -0.378 e. The molecule has 26 heavy (non-hydrogen) atoms. The van der Waals surface area contributed by atoms with Crippen LogP contribution in [-0.2, 0) is 9.59 Å². The Morgan fingerprint density at radius 3 is 2.65 bits per heavy atom. The minimum atomic E-state index is -0.419. The van der Waals surface area contributed by atoms with Crippen LogP contribution in [0.4, 0.5) is 11.4 Å². The Bertz CT molecular complexity index is 704. The van der Waals surface area contributed by atoms with Crippen molar-refractivity contribution in [3.8, 4) is 6.07 Å². The van der Waals surface area contributed by atoms with E-state index in [0.717, 1.165) is 24.3 Å². The highest BCUT2D eigenvalue weighted by molar-refractivity contribution is 5.97. The van der Waals surface area contributed by atoms with Crippen LogP contribution < -0.4 is 15.5 Å². The molecule has 0 spiro atoms. The van der Waals surface area contributed by atoms with Crippen molar-refractivity contribution in [2.24, 2.45) is 0 Å². The zero-order chi connectivity index (χ0) is 18.9. The number of likely N-dealkylation sites (tertiary alicyclic amines) is 1. The molecule has 138 valence electrons. The van der Waals surface area contributed by atoms with Gasteiger partial charge in [-0.2, -0.15) is 5.26 Å². The van der Waals surface area contributed by atoms with Gasteiger partial charge in [0.15, 0.2) is 0 Å². The van der Waals surface area contributed by atoms with E-state index in [9.17, 15) is 14.9 Å².